The molecule has 0 saturated heterocycles. The number of methoxy groups -OCH3 is 1. The molecule has 4 rings (SSSR count). The fourth-order valence-electron chi connectivity index (χ4n) is 2.70. The molecule has 1 aliphatic rings. The van der Waals surface area contributed by atoms with Gasteiger partial charge < -0.3 is 4.74 Å². The average Bonchev–Trinajstić information content (AvgIpc) is 3.24. The lowest BCUT2D eigenvalue weighted by Crippen LogP contribution is -2.02. The van der Waals surface area contributed by atoms with E-state index in [4.69, 9.17) is 9.84 Å². The molecule has 2 heterocycles. The van der Waals surface area contributed by atoms with Gasteiger partial charge in [0.05, 0.1) is 18.5 Å². The van der Waals surface area contributed by atoms with Crippen LogP contribution in [0.2, 0.25) is 0 Å². The number of hydrogen-bond acceptors (Lipinski definition) is 3. The van der Waals surface area contributed by atoms with Gasteiger partial charge in [-0.1, -0.05) is 24.3 Å². The molecule has 108 valence electrons. The van der Waals surface area contributed by atoms with E-state index in [1.54, 1.807) is 7.11 Å². The summed E-state index contributed by atoms with van der Waals surface area (Å²) in [6.45, 7) is 0. The number of hydrogen-bond donors (Lipinski definition) is 0. The molecule has 0 bridgehead atoms. The van der Waals surface area contributed by atoms with Gasteiger partial charge in [0.15, 0.2) is 5.65 Å². The van der Waals surface area contributed by atoms with Crippen LogP contribution in [0, 0.1) is 0 Å². The Balaban J connectivity index is 1.81. The van der Waals surface area contributed by atoms with Crippen LogP contribution in [-0.4, -0.2) is 21.7 Å². The van der Waals surface area contributed by atoms with Crippen LogP contribution in [0.3, 0.4) is 0 Å². The molecule has 0 aliphatic heterocycles. The third-order valence-corrected chi connectivity index (χ3v) is 3.86. The first kappa shape index (κ1) is 12.8. The second-order valence-corrected chi connectivity index (χ2v) is 5.19. The predicted molar refractivity (Wildman–Crippen MR) is 86.0 cm³/mol. The van der Waals surface area contributed by atoms with Crippen molar-refractivity contribution in [2.75, 3.05) is 7.11 Å². The topological polar surface area (TPSA) is 39.4 Å². The van der Waals surface area contributed by atoms with Gasteiger partial charge in [0.2, 0.25) is 0 Å². The molecule has 1 aromatic carbocycles. The van der Waals surface area contributed by atoms with E-state index in [0.717, 1.165) is 28.3 Å². The van der Waals surface area contributed by atoms with Crippen molar-refractivity contribution in [1.29, 1.82) is 0 Å². The van der Waals surface area contributed by atoms with Crippen LogP contribution in [0.1, 0.15) is 11.6 Å². The molecule has 0 fully saturated rings. The minimum atomic E-state index is 0.258. The average molecular weight is 289 g/mol. The molecule has 2 aromatic heterocycles. The molecule has 4 heteroatoms. The van der Waals surface area contributed by atoms with Gasteiger partial charge in [-0.3, -0.25) is 0 Å². The molecule has 1 aliphatic carbocycles. The summed E-state index contributed by atoms with van der Waals surface area (Å²) in [6, 6.07) is 11.9. The number of rotatable bonds is 3. The van der Waals surface area contributed by atoms with Crippen LogP contribution < -0.4 is 4.74 Å². The van der Waals surface area contributed by atoms with Crippen molar-refractivity contribution in [3.8, 4) is 17.0 Å². The third-order valence-electron chi connectivity index (χ3n) is 3.86. The Morgan fingerprint density at radius 1 is 1.05 bits per heavy atom. The number of benzene rings is 1. The van der Waals surface area contributed by atoms with E-state index in [2.05, 4.69) is 29.3 Å². The van der Waals surface area contributed by atoms with Crippen LogP contribution in [-0.2, 0) is 0 Å². The van der Waals surface area contributed by atoms with Crippen molar-refractivity contribution in [2.24, 2.45) is 0 Å². The largest absolute Gasteiger partial charge is 0.497 e. The molecular formula is C18H15N3O. The lowest BCUT2D eigenvalue weighted by Gasteiger charge is -2.07. The highest BCUT2D eigenvalue weighted by Gasteiger charge is 2.14. The van der Waals surface area contributed by atoms with Gasteiger partial charge in [-0.05, 0) is 30.3 Å². The van der Waals surface area contributed by atoms with E-state index in [0.29, 0.717) is 0 Å². The summed E-state index contributed by atoms with van der Waals surface area (Å²) < 4.78 is 7.12. The Kier molecular flexibility index (Phi) is 3.00. The van der Waals surface area contributed by atoms with Gasteiger partial charge in [-0.2, -0.15) is 5.10 Å². The summed E-state index contributed by atoms with van der Waals surface area (Å²) in [5.74, 6) is 1.10. The molecule has 0 radical (unpaired) electrons. The second kappa shape index (κ2) is 5.15. The molecular weight excluding hydrogens is 274 g/mol. The fourth-order valence-corrected chi connectivity index (χ4v) is 2.70. The van der Waals surface area contributed by atoms with E-state index >= 15 is 0 Å². The van der Waals surface area contributed by atoms with Crippen molar-refractivity contribution >= 4 is 5.65 Å². The van der Waals surface area contributed by atoms with Gasteiger partial charge in [0.1, 0.15) is 5.75 Å². The van der Waals surface area contributed by atoms with Crippen molar-refractivity contribution in [3.05, 3.63) is 72.6 Å². The molecule has 3 aromatic rings. The normalized spacial score (nSPS) is 14.0. The third kappa shape index (κ3) is 2.09. The maximum atomic E-state index is 5.20. The molecule has 0 unspecified atom stereocenters. The lowest BCUT2D eigenvalue weighted by atomic mass is 10.1. The summed E-state index contributed by atoms with van der Waals surface area (Å²) in [7, 11) is 1.67. The molecule has 4 nitrogen and oxygen atoms in total. The van der Waals surface area contributed by atoms with Gasteiger partial charge in [0, 0.05) is 23.7 Å². The van der Waals surface area contributed by atoms with Gasteiger partial charge in [-0.15, -0.1) is 0 Å². The standard InChI is InChI=1S/C18H15N3O/c1-22-15-8-6-13(7-9-15)16-12-18-19-11-10-17(21(18)20-16)14-4-2-3-5-14/h2-12,14H,1H3. The zero-order valence-electron chi connectivity index (χ0n) is 12.2. The Morgan fingerprint density at radius 2 is 1.82 bits per heavy atom. The quantitative estimate of drug-likeness (QED) is 0.739. The van der Waals surface area contributed by atoms with E-state index in [9.17, 15) is 0 Å². The maximum Gasteiger partial charge on any atom is 0.155 e. The summed E-state index contributed by atoms with van der Waals surface area (Å²) in [6.07, 6.45) is 10.3. The number of aromatic nitrogens is 3. The van der Waals surface area contributed by atoms with Crippen LogP contribution in [0.15, 0.2) is 66.9 Å². The van der Waals surface area contributed by atoms with Crippen molar-refractivity contribution in [1.82, 2.24) is 14.6 Å². The minimum Gasteiger partial charge on any atom is -0.497 e. The SMILES string of the molecule is COc1ccc(-c2cc3nccc(C4C=CC=C4)n3n2)cc1. The zero-order valence-corrected chi connectivity index (χ0v) is 12.2. The Labute approximate surface area is 128 Å². The lowest BCUT2D eigenvalue weighted by molar-refractivity contribution is 0.415. The number of ether oxygens (including phenoxy) is 1. The van der Waals surface area contributed by atoms with Crippen LogP contribution >= 0.6 is 0 Å². The van der Waals surface area contributed by atoms with Gasteiger partial charge in [0.25, 0.3) is 0 Å². The summed E-state index contributed by atoms with van der Waals surface area (Å²) in [5, 5.41) is 4.73. The van der Waals surface area contributed by atoms with Crippen molar-refractivity contribution in [2.45, 2.75) is 5.92 Å². The highest BCUT2D eigenvalue weighted by molar-refractivity contribution is 5.65. The monoisotopic (exact) mass is 289 g/mol. The van der Waals surface area contributed by atoms with Crippen LogP contribution in [0.25, 0.3) is 16.9 Å². The molecule has 0 N–H and O–H groups in total. The number of allylic oxidation sites excluding steroid dienone is 4. The maximum absolute atomic E-state index is 5.20. The predicted octanol–water partition coefficient (Wildman–Crippen LogP) is 3.61. The van der Waals surface area contributed by atoms with E-state index < -0.39 is 0 Å². The molecule has 0 atom stereocenters. The minimum absolute atomic E-state index is 0.258. The second-order valence-electron chi connectivity index (χ2n) is 5.19. The van der Waals surface area contributed by atoms with Crippen molar-refractivity contribution in [3.63, 3.8) is 0 Å². The Bertz CT molecular complexity index is 863. The first-order valence-corrected chi connectivity index (χ1v) is 7.19. The van der Waals surface area contributed by atoms with Crippen LogP contribution in [0.5, 0.6) is 5.75 Å². The number of fused-ring (bicyclic) bond motifs is 1. The highest BCUT2D eigenvalue weighted by atomic mass is 16.5. The zero-order chi connectivity index (χ0) is 14.9. The Hall–Kier alpha value is -2.88. The first-order valence-electron chi connectivity index (χ1n) is 7.19. The van der Waals surface area contributed by atoms with E-state index in [-0.39, 0.29) is 5.92 Å². The molecule has 0 spiro atoms. The van der Waals surface area contributed by atoms with Gasteiger partial charge in [-0.25, -0.2) is 9.50 Å². The van der Waals surface area contributed by atoms with E-state index in [1.807, 2.05) is 47.1 Å². The van der Waals surface area contributed by atoms with Crippen molar-refractivity contribution < 1.29 is 4.74 Å². The summed E-state index contributed by atoms with van der Waals surface area (Å²) in [4.78, 5) is 4.42. The highest BCUT2D eigenvalue weighted by Crippen LogP contribution is 2.26. The first-order chi connectivity index (χ1) is 10.8. The van der Waals surface area contributed by atoms with Crippen LogP contribution in [0.4, 0.5) is 0 Å². The smallest absolute Gasteiger partial charge is 0.155 e. The number of nitrogens with zero attached hydrogens (tertiary/aromatic N) is 3. The molecule has 0 saturated carbocycles. The Morgan fingerprint density at radius 3 is 2.55 bits per heavy atom. The fraction of sp³-hybridized carbons (Fsp3) is 0.111. The molecule has 0 amide bonds. The van der Waals surface area contributed by atoms with E-state index in [1.165, 1.54) is 0 Å². The summed E-state index contributed by atoms with van der Waals surface area (Å²) >= 11 is 0. The van der Waals surface area contributed by atoms with Gasteiger partial charge >= 0.3 is 0 Å². The summed E-state index contributed by atoms with van der Waals surface area (Å²) in [5.41, 5.74) is 3.94. The molecule has 22 heavy (non-hydrogen) atoms.